The first-order chi connectivity index (χ1) is 10.3. The van der Waals surface area contributed by atoms with Crippen molar-refractivity contribution in [3.8, 4) is 0 Å². The maximum absolute atomic E-state index is 6.63. The fourth-order valence-electron chi connectivity index (χ4n) is 2.77. The predicted octanol–water partition coefficient (Wildman–Crippen LogP) is 3.32. The average molecular weight is 319 g/mol. The van der Waals surface area contributed by atoms with Gasteiger partial charge in [-0.1, -0.05) is 17.7 Å². The molecule has 1 saturated heterocycles. The minimum absolute atomic E-state index is 0.367. The second kappa shape index (κ2) is 4.50. The molecule has 1 aromatic heterocycles. The van der Waals surface area contributed by atoms with E-state index in [1.807, 2.05) is 50.7 Å². The van der Waals surface area contributed by atoms with E-state index < -0.39 is 7.12 Å². The quantitative estimate of drug-likeness (QED) is 0.797. The highest BCUT2D eigenvalue weighted by molar-refractivity contribution is 6.66. The van der Waals surface area contributed by atoms with Crippen LogP contribution < -0.4 is 5.46 Å². The summed E-state index contributed by atoms with van der Waals surface area (Å²) in [5.41, 5.74) is 1.07. The van der Waals surface area contributed by atoms with Crippen molar-refractivity contribution >= 4 is 35.1 Å². The SMILES string of the molecule is CC1(C)OB(c2ccc3nn(C4CC4)cc3c2Cl)OC1(C)C. The zero-order valence-corrected chi connectivity index (χ0v) is 14.1. The fourth-order valence-corrected chi connectivity index (χ4v) is 3.07. The second-order valence-corrected chi connectivity index (χ2v) is 7.71. The van der Waals surface area contributed by atoms with Crippen molar-refractivity contribution in [1.82, 2.24) is 9.78 Å². The zero-order valence-electron chi connectivity index (χ0n) is 13.4. The molecule has 0 atom stereocenters. The maximum atomic E-state index is 6.63. The van der Waals surface area contributed by atoms with Crippen molar-refractivity contribution in [1.29, 1.82) is 0 Å². The Morgan fingerprint density at radius 1 is 1.18 bits per heavy atom. The maximum Gasteiger partial charge on any atom is 0.496 e. The first-order valence-electron chi connectivity index (χ1n) is 7.81. The zero-order chi connectivity index (χ0) is 15.7. The number of hydrogen-bond acceptors (Lipinski definition) is 3. The topological polar surface area (TPSA) is 36.3 Å². The number of rotatable bonds is 2. The minimum atomic E-state index is -0.439. The third-order valence-corrected chi connectivity index (χ3v) is 5.52. The van der Waals surface area contributed by atoms with Crippen molar-refractivity contribution < 1.29 is 9.31 Å². The lowest BCUT2D eigenvalue weighted by molar-refractivity contribution is 0.00578. The van der Waals surface area contributed by atoms with Gasteiger partial charge in [0.1, 0.15) is 0 Å². The molecule has 22 heavy (non-hydrogen) atoms. The van der Waals surface area contributed by atoms with Crippen molar-refractivity contribution in [2.45, 2.75) is 57.8 Å². The number of aromatic nitrogens is 2. The molecule has 4 rings (SSSR count). The average Bonchev–Trinajstić information content (AvgIpc) is 3.12. The van der Waals surface area contributed by atoms with Gasteiger partial charge in [0.25, 0.3) is 0 Å². The molecule has 0 radical (unpaired) electrons. The van der Waals surface area contributed by atoms with E-state index >= 15 is 0 Å². The summed E-state index contributed by atoms with van der Waals surface area (Å²) in [4.78, 5) is 0. The smallest absolute Gasteiger partial charge is 0.399 e. The standard InChI is InChI=1S/C16H20BClN2O2/c1-15(2)16(3,4)22-17(21-15)12-7-8-13-11(14(12)18)9-20(19-13)10-5-6-10/h7-10H,5-6H2,1-4H3. The summed E-state index contributed by atoms with van der Waals surface area (Å²) in [5.74, 6) is 0. The molecule has 1 aliphatic heterocycles. The van der Waals surface area contributed by atoms with Crippen LogP contribution in [0.4, 0.5) is 0 Å². The monoisotopic (exact) mass is 318 g/mol. The van der Waals surface area contributed by atoms with Crippen LogP contribution >= 0.6 is 11.6 Å². The molecule has 0 amide bonds. The van der Waals surface area contributed by atoms with Crippen LogP contribution in [0.5, 0.6) is 0 Å². The first-order valence-corrected chi connectivity index (χ1v) is 8.19. The summed E-state index contributed by atoms with van der Waals surface area (Å²) in [6, 6.07) is 4.51. The summed E-state index contributed by atoms with van der Waals surface area (Å²) in [5, 5.41) is 6.27. The molecule has 2 fully saturated rings. The van der Waals surface area contributed by atoms with E-state index in [-0.39, 0.29) is 11.2 Å². The van der Waals surface area contributed by atoms with Crippen LogP contribution in [0.15, 0.2) is 18.3 Å². The van der Waals surface area contributed by atoms with Gasteiger partial charge in [0.15, 0.2) is 0 Å². The molecular weight excluding hydrogens is 298 g/mol. The molecule has 1 saturated carbocycles. The number of benzene rings is 1. The molecule has 116 valence electrons. The summed E-state index contributed by atoms with van der Waals surface area (Å²) < 4.78 is 14.3. The van der Waals surface area contributed by atoms with E-state index in [2.05, 4.69) is 5.10 Å². The van der Waals surface area contributed by atoms with E-state index in [0.717, 1.165) is 16.4 Å². The van der Waals surface area contributed by atoms with Crippen LogP contribution in [-0.4, -0.2) is 28.1 Å². The van der Waals surface area contributed by atoms with Crippen LogP contribution in [0.1, 0.15) is 46.6 Å². The van der Waals surface area contributed by atoms with Gasteiger partial charge in [0.05, 0.1) is 27.8 Å². The van der Waals surface area contributed by atoms with Gasteiger partial charge < -0.3 is 9.31 Å². The van der Waals surface area contributed by atoms with Crippen LogP contribution in [0.3, 0.4) is 0 Å². The largest absolute Gasteiger partial charge is 0.496 e. The molecule has 1 aliphatic carbocycles. The third kappa shape index (κ3) is 2.10. The molecule has 2 aliphatic rings. The first kappa shape index (κ1) is 14.6. The predicted molar refractivity (Wildman–Crippen MR) is 88.7 cm³/mol. The highest BCUT2D eigenvalue weighted by atomic mass is 35.5. The van der Waals surface area contributed by atoms with Crippen LogP contribution in [-0.2, 0) is 9.31 Å². The Bertz CT molecular complexity index is 736. The summed E-state index contributed by atoms with van der Waals surface area (Å²) in [6.45, 7) is 8.18. The summed E-state index contributed by atoms with van der Waals surface area (Å²) in [6.07, 6.45) is 4.45. The van der Waals surface area contributed by atoms with Gasteiger partial charge in [-0.25, -0.2) is 0 Å². The van der Waals surface area contributed by atoms with Crippen molar-refractivity contribution in [3.63, 3.8) is 0 Å². The minimum Gasteiger partial charge on any atom is -0.399 e. The second-order valence-electron chi connectivity index (χ2n) is 7.33. The molecular formula is C16H20BClN2O2. The van der Waals surface area contributed by atoms with Gasteiger partial charge in [-0.2, -0.15) is 5.10 Å². The van der Waals surface area contributed by atoms with Gasteiger partial charge in [0, 0.05) is 17.0 Å². The lowest BCUT2D eigenvalue weighted by Crippen LogP contribution is -2.41. The Morgan fingerprint density at radius 3 is 2.41 bits per heavy atom. The number of halogens is 1. The molecule has 0 N–H and O–H groups in total. The van der Waals surface area contributed by atoms with E-state index in [0.29, 0.717) is 11.1 Å². The molecule has 6 heteroatoms. The Labute approximate surface area is 135 Å². The molecule has 1 aromatic carbocycles. The van der Waals surface area contributed by atoms with E-state index in [1.54, 1.807) is 0 Å². The van der Waals surface area contributed by atoms with E-state index in [1.165, 1.54) is 12.8 Å². The van der Waals surface area contributed by atoms with Gasteiger partial charge in [-0.05, 0) is 46.6 Å². The van der Waals surface area contributed by atoms with Gasteiger partial charge >= 0.3 is 7.12 Å². The summed E-state index contributed by atoms with van der Waals surface area (Å²) >= 11 is 6.63. The molecule has 0 bridgehead atoms. The summed E-state index contributed by atoms with van der Waals surface area (Å²) in [7, 11) is -0.439. The lowest BCUT2D eigenvalue weighted by atomic mass is 9.78. The Kier molecular flexibility index (Phi) is 2.97. The Hall–Kier alpha value is -1.04. The molecule has 0 spiro atoms. The van der Waals surface area contributed by atoms with E-state index in [9.17, 15) is 0 Å². The molecule has 4 nitrogen and oxygen atoms in total. The van der Waals surface area contributed by atoms with Crippen LogP contribution in [0.25, 0.3) is 10.9 Å². The highest BCUT2D eigenvalue weighted by Gasteiger charge is 2.52. The van der Waals surface area contributed by atoms with E-state index in [4.69, 9.17) is 20.9 Å². The Balaban J connectivity index is 1.75. The van der Waals surface area contributed by atoms with Crippen molar-refractivity contribution in [2.24, 2.45) is 0 Å². The number of fused-ring (bicyclic) bond motifs is 1. The molecule has 2 heterocycles. The van der Waals surface area contributed by atoms with Crippen LogP contribution in [0.2, 0.25) is 5.02 Å². The Morgan fingerprint density at radius 2 is 1.82 bits per heavy atom. The van der Waals surface area contributed by atoms with Gasteiger partial charge in [-0.15, -0.1) is 0 Å². The van der Waals surface area contributed by atoms with Crippen molar-refractivity contribution in [2.75, 3.05) is 0 Å². The highest BCUT2D eigenvalue weighted by Crippen LogP contribution is 2.38. The molecule has 2 aromatic rings. The fraction of sp³-hybridized carbons (Fsp3) is 0.562. The number of hydrogen-bond donors (Lipinski definition) is 0. The number of nitrogens with zero attached hydrogens (tertiary/aromatic N) is 2. The lowest BCUT2D eigenvalue weighted by Gasteiger charge is -2.32. The molecule has 0 unspecified atom stereocenters. The van der Waals surface area contributed by atoms with Crippen LogP contribution in [0, 0.1) is 0 Å². The van der Waals surface area contributed by atoms with Crippen molar-refractivity contribution in [3.05, 3.63) is 23.4 Å². The normalized spacial score (nSPS) is 23.4. The third-order valence-electron chi connectivity index (χ3n) is 5.10. The van der Waals surface area contributed by atoms with Gasteiger partial charge in [0.2, 0.25) is 0 Å². The van der Waals surface area contributed by atoms with Gasteiger partial charge in [-0.3, -0.25) is 4.68 Å².